The molecule has 1 aromatic heterocycles. The quantitative estimate of drug-likeness (QED) is 0.479. The molecule has 1 aromatic carbocycles. The van der Waals surface area contributed by atoms with Gasteiger partial charge in [-0.15, -0.1) is 0 Å². The van der Waals surface area contributed by atoms with Gasteiger partial charge in [-0.1, -0.05) is 19.8 Å². The summed E-state index contributed by atoms with van der Waals surface area (Å²) in [5.74, 6) is -0.315. The second-order valence-electron chi connectivity index (χ2n) is 4.76. The lowest BCUT2D eigenvalue weighted by atomic mass is 10.1. The van der Waals surface area contributed by atoms with Crippen molar-refractivity contribution in [3.63, 3.8) is 0 Å². The molecule has 8 heteroatoms. The van der Waals surface area contributed by atoms with Gasteiger partial charge in [-0.3, -0.25) is 14.9 Å². The zero-order valence-electron chi connectivity index (χ0n) is 12.2. The normalized spacial score (nSPS) is 10.4. The van der Waals surface area contributed by atoms with Crippen LogP contribution in [-0.4, -0.2) is 32.1 Å². The number of rotatable bonds is 7. The molecule has 0 aliphatic rings. The smallest absolute Gasteiger partial charge is 0.295 e. The first-order valence-corrected chi connectivity index (χ1v) is 7.05. The van der Waals surface area contributed by atoms with E-state index in [2.05, 4.69) is 22.3 Å². The van der Waals surface area contributed by atoms with E-state index in [4.69, 9.17) is 0 Å². The van der Waals surface area contributed by atoms with Crippen LogP contribution in [0.15, 0.2) is 30.9 Å². The molecule has 1 N–H and O–H groups in total. The molecule has 22 heavy (non-hydrogen) atoms. The molecule has 0 saturated carbocycles. The zero-order valence-corrected chi connectivity index (χ0v) is 12.2. The van der Waals surface area contributed by atoms with Crippen LogP contribution in [0.5, 0.6) is 0 Å². The molecule has 116 valence electrons. The summed E-state index contributed by atoms with van der Waals surface area (Å²) in [6.07, 6.45) is 5.64. The van der Waals surface area contributed by atoms with Gasteiger partial charge >= 0.3 is 0 Å². The molecular weight excluding hydrogens is 286 g/mol. The number of nitrogens with one attached hydrogen (secondary N) is 1. The van der Waals surface area contributed by atoms with Crippen molar-refractivity contribution in [2.24, 2.45) is 0 Å². The number of hydrogen-bond acceptors (Lipinski definition) is 5. The average Bonchev–Trinajstić information content (AvgIpc) is 3.05. The maximum atomic E-state index is 12.0. The van der Waals surface area contributed by atoms with Crippen molar-refractivity contribution in [3.8, 4) is 5.69 Å². The Balaban J connectivity index is 2.19. The van der Waals surface area contributed by atoms with Crippen LogP contribution < -0.4 is 5.32 Å². The Bertz CT molecular complexity index is 655. The summed E-state index contributed by atoms with van der Waals surface area (Å²) >= 11 is 0. The van der Waals surface area contributed by atoms with Crippen LogP contribution in [0, 0.1) is 10.1 Å². The number of amides is 1. The van der Waals surface area contributed by atoms with Gasteiger partial charge in [0.25, 0.3) is 11.6 Å². The largest absolute Gasteiger partial charge is 0.352 e. The molecule has 2 rings (SSSR count). The van der Waals surface area contributed by atoms with Crippen LogP contribution in [0.25, 0.3) is 5.69 Å². The van der Waals surface area contributed by atoms with E-state index in [-0.39, 0.29) is 22.8 Å². The predicted octanol–water partition coefficient (Wildman–Crippen LogP) is 2.10. The van der Waals surface area contributed by atoms with E-state index >= 15 is 0 Å². The number of unbranched alkanes of at least 4 members (excludes halogenated alkanes) is 2. The van der Waals surface area contributed by atoms with Crippen LogP contribution in [-0.2, 0) is 0 Å². The molecule has 0 radical (unpaired) electrons. The minimum absolute atomic E-state index is 0.188. The Morgan fingerprint density at radius 2 is 2.23 bits per heavy atom. The van der Waals surface area contributed by atoms with Crippen molar-refractivity contribution in [1.82, 2.24) is 20.1 Å². The molecule has 1 amide bonds. The molecule has 0 aliphatic heterocycles. The number of nitro groups is 1. The fourth-order valence-corrected chi connectivity index (χ4v) is 2.02. The molecule has 0 atom stereocenters. The molecule has 0 bridgehead atoms. The van der Waals surface area contributed by atoms with E-state index in [1.54, 1.807) is 6.07 Å². The Labute approximate surface area is 127 Å². The van der Waals surface area contributed by atoms with Gasteiger partial charge in [0, 0.05) is 18.2 Å². The van der Waals surface area contributed by atoms with Crippen LogP contribution in [0.2, 0.25) is 0 Å². The predicted molar refractivity (Wildman–Crippen MR) is 79.9 cm³/mol. The molecule has 1 heterocycles. The fraction of sp³-hybridized carbons (Fsp3) is 0.357. The van der Waals surface area contributed by atoms with Gasteiger partial charge in [-0.2, -0.15) is 5.10 Å². The van der Waals surface area contributed by atoms with E-state index in [1.165, 1.54) is 29.5 Å². The van der Waals surface area contributed by atoms with Gasteiger partial charge < -0.3 is 5.32 Å². The maximum absolute atomic E-state index is 12.0. The number of aromatic nitrogens is 3. The molecule has 2 aromatic rings. The Hall–Kier alpha value is -2.77. The van der Waals surface area contributed by atoms with Gasteiger partial charge in [0.05, 0.1) is 4.92 Å². The third kappa shape index (κ3) is 3.66. The number of benzene rings is 1. The third-order valence-electron chi connectivity index (χ3n) is 3.17. The monoisotopic (exact) mass is 303 g/mol. The number of carbonyl (C=O) groups is 1. The highest BCUT2D eigenvalue weighted by molar-refractivity contribution is 5.95. The third-order valence-corrected chi connectivity index (χ3v) is 3.17. The average molecular weight is 303 g/mol. The Morgan fingerprint density at radius 3 is 2.86 bits per heavy atom. The first-order valence-electron chi connectivity index (χ1n) is 7.05. The highest BCUT2D eigenvalue weighted by atomic mass is 16.6. The van der Waals surface area contributed by atoms with E-state index in [1.807, 2.05) is 0 Å². The van der Waals surface area contributed by atoms with Crippen LogP contribution in [0.4, 0.5) is 5.69 Å². The highest BCUT2D eigenvalue weighted by Crippen LogP contribution is 2.23. The SMILES string of the molecule is CCCCCNC(=O)c1ccc(-n2cncn2)c([N+](=O)[O-])c1. The first-order chi connectivity index (χ1) is 10.6. The lowest BCUT2D eigenvalue weighted by molar-refractivity contribution is -0.384. The summed E-state index contributed by atoms with van der Waals surface area (Å²) in [6, 6.07) is 4.29. The van der Waals surface area contributed by atoms with Gasteiger partial charge in [-0.05, 0) is 18.6 Å². The lowest BCUT2D eigenvalue weighted by Gasteiger charge is -2.07. The van der Waals surface area contributed by atoms with Crippen LogP contribution in [0.3, 0.4) is 0 Å². The summed E-state index contributed by atoms with van der Waals surface area (Å²) < 4.78 is 1.29. The van der Waals surface area contributed by atoms with Gasteiger partial charge in [0.15, 0.2) is 0 Å². The summed E-state index contributed by atoms with van der Waals surface area (Å²) in [7, 11) is 0. The highest BCUT2D eigenvalue weighted by Gasteiger charge is 2.19. The lowest BCUT2D eigenvalue weighted by Crippen LogP contribution is -2.24. The minimum atomic E-state index is -0.537. The summed E-state index contributed by atoms with van der Waals surface area (Å²) in [5, 5.41) is 17.8. The Morgan fingerprint density at radius 1 is 1.41 bits per heavy atom. The second-order valence-corrected chi connectivity index (χ2v) is 4.76. The molecule has 0 unspecified atom stereocenters. The topological polar surface area (TPSA) is 103 Å². The molecule has 0 saturated heterocycles. The van der Waals surface area contributed by atoms with Crippen molar-refractivity contribution in [2.75, 3.05) is 6.54 Å². The number of carbonyl (C=O) groups excluding carboxylic acids is 1. The van der Waals surface area contributed by atoms with Gasteiger partial charge in [-0.25, -0.2) is 9.67 Å². The first kappa shape index (κ1) is 15.6. The Kier molecular flexibility index (Phi) is 5.18. The summed E-state index contributed by atoms with van der Waals surface area (Å²) in [5.41, 5.74) is 0.337. The van der Waals surface area contributed by atoms with Crippen LogP contribution >= 0.6 is 0 Å². The van der Waals surface area contributed by atoms with Gasteiger partial charge in [0.2, 0.25) is 0 Å². The zero-order chi connectivity index (χ0) is 15.9. The van der Waals surface area contributed by atoms with Crippen molar-refractivity contribution in [1.29, 1.82) is 0 Å². The second kappa shape index (κ2) is 7.30. The van der Waals surface area contributed by atoms with Crippen molar-refractivity contribution < 1.29 is 9.72 Å². The van der Waals surface area contributed by atoms with Crippen molar-refractivity contribution >= 4 is 11.6 Å². The molecular formula is C14H17N5O3. The van der Waals surface area contributed by atoms with Crippen molar-refractivity contribution in [3.05, 3.63) is 46.5 Å². The number of nitrogens with zero attached hydrogens (tertiary/aromatic N) is 4. The van der Waals surface area contributed by atoms with Gasteiger partial charge in [0.1, 0.15) is 18.3 Å². The number of nitro benzene ring substituents is 1. The molecule has 0 aliphatic carbocycles. The number of hydrogen-bond donors (Lipinski definition) is 1. The van der Waals surface area contributed by atoms with Crippen LogP contribution in [0.1, 0.15) is 36.5 Å². The summed E-state index contributed by atoms with van der Waals surface area (Å²) in [4.78, 5) is 26.4. The molecule has 0 spiro atoms. The minimum Gasteiger partial charge on any atom is -0.352 e. The van der Waals surface area contributed by atoms with E-state index in [9.17, 15) is 14.9 Å². The molecule has 8 nitrogen and oxygen atoms in total. The van der Waals surface area contributed by atoms with E-state index < -0.39 is 4.92 Å². The maximum Gasteiger partial charge on any atom is 0.295 e. The standard InChI is InChI=1S/C14H17N5O3/c1-2-3-4-7-16-14(20)11-5-6-12(13(8-11)19(21)22)18-10-15-9-17-18/h5-6,8-10H,2-4,7H2,1H3,(H,16,20). The fourth-order valence-electron chi connectivity index (χ4n) is 2.02. The summed E-state index contributed by atoms with van der Waals surface area (Å²) in [6.45, 7) is 2.64. The molecule has 0 fully saturated rings. The van der Waals surface area contributed by atoms with Crippen molar-refractivity contribution in [2.45, 2.75) is 26.2 Å². The van der Waals surface area contributed by atoms with E-state index in [0.717, 1.165) is 19.3 Å². The van der Waals surface area contributed by atoms with E-state index in [0.29, 0.717) is 6.54 Å².